The molecule has 0 bridgehead atoms. The van der Waals surface area contributed by atoms with Crippen LogP contribution in [0.2, 0.25) is 0 Å². The Morgan fingerprint density at radius 3 is 2.53 bits per heavy atom. The predicted molar refractivity (Wildman–Crippen MR) is 82.9 cm³/mol. The molecule has 1 atom stereocenters. The number of hydrogen-bond acceptors (Lipinski definition) is 4. The highest BCUT2D eigenvalue weighted by molar-refractivity contribution is 8.23. The van der Waals surface area contributed by atoms with Crippen LogP contribution in [0.15, 0.2) is 0 Å². The molecule has 1 aliphatic rings. The van der Waals surface area contributed by atoms with Crippen molar-refractivity contribution < 1.29 is 4.79 Å². The van der Waals surface area contributed by atoms with E-state index in [1.807, 2.05) is 18.7 Å². The Morgan fingerprint density at radius 1 is 1.53 bits per heavy atom. The normalized spacial score (nSPS) is 17.2. The fraction of sp³-hybridized carbons (Fsp3) is 0.769. The van der Waals surface area contributed by atoms with Crippen LogP contribution in [0.4, 0.5) is 0 Å². The molecule has 1 N–H and O–H groups in total. The summed E-state index contributed by atoms with van der Waals surface area (Å²) in [6.07, 6.45) is 2.05. The summed E-state index contributed by atoms with van der Waals surface area (Å²) in [5, 5.41) is 12.0. The molecule has 0 aromatic rings. The second kappa shape index (κ2) is 7.11. The van der Waals surface area contributed by atoms with Crippen molar-refractivity contribution in [3.8, 4) is 6.07 Å². The van der Waals surface area contributed by atoms with Crippen molar-refractivity contribution in [2.45, 2.75) is 39.2 Å². The zero-order valence-electron chi connectivity index (χ0n) is 11.7. The SMILES string of the molecule is CCN(CC)C(=S)SCC(=O)N[C@@](C)(C#N)C1CC1. The molecule has 106 valence electrons. The van der Waals surface area contributed by atoms with Crippen molar-refractivity contribution in [2.75, 3.05) is 18.8 Å². The number of amides is 1. The topological polar surface area (TPSA) is 56.1 Å². The summed E-state index contributed by atoms with van der Waals surface area (Å²) >= 11 is 6.63. The fourth-order valence-corrected chi connectivity index (χ4v) is 3.11. The van der Waals surface area contributed by atoms with Crippen LogP contribution in [0, 0.1) is 17.2 Å². The van der Waals surface area contributed by atoms with Gasteiger partial charge in [-0.25, -0.2) is 0 Å². The van der Waals surface area contributed by atoms with Crippen LogP contribution in [-0.4, -0.2) is 39.5 Å². The molecule has 0 aromatic carbocycles. The van der Waals surface area contributed by atoms with Gasteiger partial charge < -0.3 is 10.2 Å². The summed E-state index contributed by atoms with van der Waals surface area (Å²) in [6.45, 7) is 7.58. The number of thioether (sulfide) groups is 1. The maximum absolute atomic E-state index is 11.9. The van der Waals surface area contributed by atoms with Crippen molar-refractivity contribution in [1.29, 1.82) is 5.26 Å². The van der Waals surface area contributed by atoms with Gasteiger partial charge in [-0.3, -0.25) is 4.79 Å². The number of thiocarbonyl (C=S) groups is 1. The van der Waals surface area contributed by atoms with E-state index < -0.39 is 5.54 Å². The third-order valence-electron chi connectivity index (χ3n) is 3.37. The zero-order chi connectivity index (χ0) is 14.5. The van der Waals surface area contributed by atoms with E-state index in [1.54, 1.807) is 6.92 Å². The molecule has 1 saturated carbocycles. The molecule has 6 heteroatoms. The summed E-state index contributed by atoms with van der Waals surface area (Å²) in [5.74, 6) is 0.468. The Morgan fingerprint density at radius 2 is 2.11 bits per heavy atom. The number of nitrogens with one attached hydrogen (secondary N) is 1. The number of carbonyl (C=O) groups is 1. The summed E-state index contributed by atoms with van der Waals surface area (Å²) in [7, 11) is 0. The minimum atomic E-state index is -0.714. The monoisotopic (exact) mass is 299 g/mol. The molecule has 19 heavy (non-hydrogen) atoms. The van der Waals surface area contributed by atoms with Crippen LogP contribution in [0.1, 0.15) is 33.6 Å². The first-order chi connectivity index (χ1) is 8.96. The van der Waals surface area contributed by atoms with Crippen LogP contribution < -0.4 is 5.32 Å². The highest BCUT2D eigenvalue weighted by atomic mass is 32.2. The van der Waals surface area contributed by atoms with Crippen molar-refractivity contribution in [3.63, 3.8) is 0 Å². The predicted octanol–water partition coefficient (Wildman–Crippen LogP) is 2.15. The van der Waals surface area contributed by atoms with E-state index in [-0.39, 0.29) is 11.7 Å². The van der Waals surface area contributed by atoms with Gasteiger partial charge in [0.15, 0.2) is 0 Å². The number of nitrogens with zero attached hydrogens (tertiary/aromatic N) is 2. The van der Waals surface area contributed by atoms with Gasteiger partial charge >= 0.3 is 0 Å². The second-order valence-corrected chi connectivity index (χ2v) is 6.47. The van der Waals surface area contributed by atoms with Gasteiger partial charge in [0, 0.05) is 13.1 Å². The summed E-state index contributed by atoms with van der Waals surface area (Å²) in [6, 6.07) is 2.22. The van der Waals surface area contributed by atoms with E-state index in [9.17, 15) is 10.1 Å². The Balaban J connectivity index is 2.39. The molecule has 0 radical (unpaired) electrons. The molecule has 0 spiro atoms. The van der Waals surface area contributed by atoms with Crippen LogP contribution in [-0.2, 0) is 4.79 Å². The summed E-state index contributed by atoms with van der Waals surface area (Å²) in [4.78, 5) is 13.9. The molecule has 4 nitrogen and oxygen atoms in total. The molecule has 0 saturated heterocycles. The summed E-state index contributed by atoms with van der Waals surface area (Å²) < 4.78 is 0.741. The third-order valence-corrected chi connectivity index (χ3v) is 4.90. The smallest absolute Gasteiger partial charge is 0.231 e. The molecule has 1 amide bonds. The number of hydrogen-bond donors (Lipinski definition) is 1. The fourth-order valence-electron chi connectivity index (χ4n) is 1.91. The van der Waals surface area contributed by atoms with Gasteiger partial charge in [-0.1, -0.05) is 24.0 Å². The van der Waals surface area contributed by atoms with Crippen molar-refractivity contribution in [2.24, 2.45) is 5.92 Å². The van der Waals surface area contributed by atoms with Crippen molar-refractivity contribution >= 4 is 34.2 Å². The third kappa shape index (κ3) is 4.66. The maximum atomic E-state index is 11.9. The molecule has 1 rings (SSSR count). The summed E-state index contributed by atoms with van der Waals surface area (Å²) in [5.41, 5.74) is -0.714. The van der Waals surface area contributed by atoms with Crippen LogP contribution in [0.25, 0.3) is 0 Å². The number of carbonyl (C=O) groups excluding carboxylic acids is 1. The molecule has 1 fully saturated rings. The second-order valence-electron chi connectivity index (χ2n) is 4.86. The highest BCUT2D eigenvalue weighted by Gasteiger charge is 2.42. The lowest BCUT2D eigenvalue weighted by molar-refractivity contribution is -0.119. The minimum absolute atomic E-state index is 0.115. The molecule has 0 heterocycles. The average molecular weight is 299 g/mol. The van der Waals surface area contributed by atoms with Crippen molar-refractivity contribution in [3.05, 3.63) is 0 Å². The molecular weight excluding hydrogens is 278 g/mol. The van der Waals surface area contributed by atoms with Gasteiger partial charge in [0.25, 0.3) is 0 Å². The zero-order valence-corrected chi connectivity index (χ0v) is 13.4. The maximum Gasteiger partial charge on any atom is 0.231 e. The molecular formula is C13H21N3OS2. The van der Waals surface area contributed by atoms with Gasteiger partial charge in [0.2, 0.25) is 5.91 Å². The van der Waals surface area contributed by atoms with E-state index in [1.165, 1.54) is 11.8 Å². The lowest BCUT2D eigenvalue weighted by atomic mass is 9.98. The molecule has 0 aliphatic heterocycles. The van der Waals surface area contributed by atoms with Crippen LogP contribution in [0.3, 0.4) is 0 Å². The Hall–Kier alpha value is -0.800. The molecule has 0 aromatic heterocycles. The van der Waals surface area contributed by atoms with Gasteiger partial charge in [0.05, 0.1) is 11.8 Å². The molecule has 0 unspecified atom stereocenters. The molecule has 1 aliphatic carbocycles. The Kier molecular flexibility index (Phi) is 6.08. The standard InChI is InChI=1S/C13H21N3OS2/c1-4-16(5-2)12(18)19-8-11(17)15-13(3,9-14)10-6-7-10/h10H,4-8H2,1-3H3,(H,15,17)/t13-/m0/s1. The number of nitriles is 1. The number of rotatable bonds is 6. The highest BCUT2D eigenvalue weighted by Crippen LogP contribution is 2.39. The first-order valence-electron chi connectivity index (χ1n) is 6.60. The lowest BCUT2D eigenvalue weighted by Gasteiger charge is -2.24. The Labute approximate surface area is 124 Å². The largest absolute Gasteiger partial charge is 0.358 e. The Bertz CT molecular complexity index is 386. The van der Waals surface area contributed by atoms with Crippen molar-refractivity contribution in [1.82, 2.24) is 10.2 Å². The average Bonchev–Trinajstić information content (AvgIpc) is 3.22. The van der Waals surface area contributed by atoms with Gasteiger partial charge in [-0.05, 0) is 39.5 Å². The van der Waals surface area contributed by atoms with Crippen LogP contribution >= 0.6 is 24.0 Å². The van der Waals surface area contributed by atoms with Crippen LogP contribution in [0.5, 0.6) is 0 Å². The first-order valence-corrected chi connectivity index (χ1v) is 8.00. The first kappa shape index (κ1) is 16.3. The quantitative estimate of drug-likeness (QED) is 0.762. The van der Waals surface area contributed by atoms with E-state index in [0.29, 0.717) is 5.92 Å². The lowest BCUT2D eigenvalue weighted by Crippen LogP contribution is -2.47. The van der Waals surface area contributed by atoms with E-state index in [4.69, 9.17) is 12.2 Å². The van der Waals surface area contributed by atoms with Gasteiger partial charge in [-0.15, -0.1) is 0 Å². The van der Waals surface area contributed by atoms with E-state index in [0.717, 1.165) is 30.3 Å². The van der Waals surface area contributed by atoms with Gasteiger partial charge in [0.1, 0.15) is 9.86 Å². The van der Waals surface area contributed by atoms with E-state index in [2.05, 4.69) is 11.4 Å². The minimum Gasteiger partial charge on any atom is -0.358 e. The van der Waals surface area contributed by atoms with Gasteiger partial charge in [-0.2, -0.15) is 5.26 Å². The van der Waals surface area contributed by atoms with E-state index >= 15 is 0 Å².